The molecule has 0 atom stereocenters. The fraction of sp³-hybridized carbons (Fsp3) is 0.250. The van der Waals surface area contributed by atoms with Crippen molar-refractivity contribution in [3.8, 4) is 0 Å². The van der Waals surface area contributed by atoms with E-state index in [0.29, 0.717) is 11.1 Å². The smallest absolute Gasteiger partial charge is 0.423 e. The van der Waals surface area contributed by atoms with Gasteiger partial charge in [-0.2, -0.15) is 0 Å². The number of aromatic nitrogens is 3. The second-order valence-corrected chi connectivity index (χ2v) is 3.29. The largest absolute Gasteiger partial charge is 0.492 e. The van der Waals surface area contributed by atoms with Crippen LogP contribution in [0.5, 0.6) is 0 Å². The number of rotatable bonds is 1. The minimum Gasteiger partial charge on any atom is -0.423 e. The van der Waals surface area contributed by atoms with Crippen molar-refractivity contribution in [3.05, 3.63) is 23.7 Å². The summed E-state index contributed by atoms with van der Waals surface area (Å²) in [5.41, 5.74) is 1.80. The van der Waals surface area contributed by atoms with Crippen LogP contribution in [0.3, 0.4) is 0 Å². The highest BCUT2D eigenvalue weighted by Crippen LogP contribution is 2.03. The van der Waals surface area contributed by atoms with Gasteiger partial charge in [0, 0.05) is 11.7 Å². The predicted octanol–water partition coefficient (Wildman–Crippen LogP) is -0.974. The molecule has 0 saturated carbocycles. The van der Waals surface area contributed by atoms with E-state index in [0.717, 1.165) is 11.4 Å². The van der Waals surface area contributed by atoms with Crippen LogP contribution < -0.4 is 5.46 Å². The van der Waals surface area contributed by atoms with Gasteiger partial charge in [-0.25, -0.2) is 0 Å². The molecule has 2 heterocycles. The maximum atomic E-state index is 9.13. The van der Waals surface area contributed by atoms with Crippen molar-refractivity contribution in [1.82, 2.24) is 14.6 Å². The summed E-state index contributed by atoms with van der Waals surface area (Å²) in [5, 5.41) is 26.0. The summed E-state index contributed by atoms with van der Waals surface area (Å²) >= 11 is 0. The molecule has 0 saturated heterocycles. The molecule has 0 amide bonds. The van der Waals surface area contributed by atoms with Gasteiger partial charge in [0.1, 0.15) is 5.82 Å². The van der Waals surface area contributed by atoms with Gasteiger partial charge in [-0.05, 0) is 19.4 Å². The molecule has 2 N–H and O–H groups in total. The molecule has 0 aliphatic carbocycles. The standard InChI is InChI=1S/C8H10BN3O2/c1-5-3-7(9(13)14)8-11-10-6(2)12(8)4-5/h3-4,13-14H,1-2H3. The maximum Gasteiger partial charge on any atom is 0.492 e. The van der Waals surface area contributed by atoms with Crippen LogP contribution >= 0.6 is 0 Å². The average molecular weight is 191 g/mol. The number of hydrogen-bond donors (Lipinski definition) is 2. The summed E-state index contributed by atoms with van der Waals surface area (Å²) in [6.45, 7) is 3.69. The molecule has 2 aromatic rings. The van der Waals surface area contributed by atoms with E-state index in [9.17, 15) is 0 Å². The SMILES string of the molecule is Cc1cc(B(O)O)c2nnc(C)n2c1. The topological polar surface area (TPSA) is 70.7 Å². The predicted molar refractivity (Wildman–Crippen MR) is 52.3 cm³/mol. The summed E-state index contributed by atoms with van der Waals surface area (Å²) in [4.78, 5) is 0. The maximum absolute atomic E-state index is 9.13. The van der Waals surface area contributed by atoms with Crippen LogP contribution in [0.15, 0.2) is 12.3 Å². The number of hydrogen-bond acceptors (Lipinski definition) is 4. The van der Waals surface area contributed by atoms with Crippen LogP contribution in [-0.4, -0.2) is 31.8 Å². The van der Waals surface area contributed by atoms with E-state index < -0.39 is 7.12 Å². The molecule has 6 heteroatoms. The number of pyridine rings is 1. The van der Waals surface area contributed by atoms with Crippen LogP contribution in [0.25, 0.3) is 5.65 Å². The fourth-order valence-electron chi connectivity index (χ4n) is 1.46. The van der Waals surface area contributed by atoms with Crippen molar-refractivity contribution in [1.29, 1.82) is 0 Å². The minimum absolute atomic E-state index is 0.380. The zero-order valence-corrected chi connectivity index (χ0v) is 7.97. The monoisotopic (exact) mass is 191 g/mol. The van der Waals surface area contributed by atoms with Crippen LogP contribution in [-0.2, 0) is 0 Å². The normalized spacial score (nSPS) is 10.9. The van der Waals surface area contributed by atoms with Crippen molar-refractivity contribution >= 4 is 18.2 Å². The summed E-state index contributed by atoms with van der Waals surface area (Å²) in [6.07, 6.45) is 1.86. The Labute approximate surface area is 81.2 Å². The lowest BCUT2D eigenvalue weighted by molar-refractivity contribution is 0.426. The second kappa shape index (κ2) is 3.07. The van der Waals surface area contributed by atoms with Gasteiger partial charge in [-0.1, -0.05) is 6.07 Å². The van der Waals surface area contributed by atoms with Crippen LogP contribution in [0, 0.1) is 13.8 Å². The van der Waals surface area contributed by atoms with Crippen LogP contribution in [0.2, 0.25) is 0 Å². The van der Waals surface area contributed by atoms with Gasteiger partial charge in [0.25, 0.3) is 0 Å². The third-order valence-electron chi connectivity index (χ3n) is 2.12. The van der Waals surface area contributed by atoms with Gasteiger partial charge in [-0.3, -0.25) is 4.40 Å². The molecule has 0 bridgehead atoms. The molecule has 0 aliphatic heterocycles. The molecule has 0 spiro atoms. The second-order valence-electron chi connectivity index (χ2n) is 3.29. The van der Waals surface area contributed by atoms with Gasteiger partial charge in [0.15, 0.2) is 5.65 Å². The van der Waals surface area contributed by atoms with E-state index in [1.807, 2.05) is 20.0 Å². The summed E-state index contributed by atoms with van der Waals surface area (Å²) < 4.78 is 1.74. The van der Waals surface area contributed by atoms with Gasteiger partial charge < -0.3 is 10.0 Å². The lowest BCUT2D eigenvalue weighted by Gasteiger charge is -2.03. The lowest BCUT2D eigenvalue weighted by Crippen LogP contribution is -2.32. The molecule has 72 valence electrons. The number of fused-ring (bicyclic) bond motifs is 1. The van der Waals surface area contributed by atoms with Crippen molar-refractivity contribution < 1.29 is 10.0 Å². The first-order chi connectivity index (χ1) is 6.59. The Morgan fingerprint density at radius 2 is 2.00 bits per heavy atom. The van der Waals surface area contributed by atoms with Crippen LogP contribution in [0.4, 0.5) is 0 Å². The summed E-state index contributed by atoms with van der Waals surface area (Å²) in [7, 11) is -1.51. The van der Waals surface area contributed by atoms with Crippen molar-refractivity contribution in [2.75, 3.05) is 0 Å². The Morgan fingerprint density at radius 1 is 1.29 bits per heavy atom. The molecule has 0 aliphatic rings. The zero-order valence-electron chi connectivity index (χ0n) is 7.97. The molecule has 14 heavy (non-hydrogen) atoms. The van der Waals surface area contributed by atoms with E-state index >= 15 is 0 Å². The van der Waals surface area contributed by atoms with E-state index in [1.165, 1.54) is 0 Å². The van der Waals surface area contributed by atoms with Crippen molar-refractivity contribution in [2.24, 2.45) is 0 Å². The molecule has 0 fully saturated rings. The molecule has 2 aromatic heterocycles. The molecule has 5 nitrogen and oxygen atoms in total. The molecule has 2 rings (SSSR count). The Morgan fingerprint density at radius 3 is 2.64 bits per heavy atom. The highest BCUT2D eigenvalue weighted by Gasteiger charge is 2.18. The lowest BCUT2D eigenvalue weighted by atomic mass is 9.80. The first-order valence-electron chi connectivity index (χ1n) is 4.27. The Balaban J connectivity index is 2.82. The Bertz CT molecular complexity index is 481. The van der Waals surface area contributed by atoms with E-state index in [2.05, 4.69) is 10.2 Å². The van der Waals surface area contributed by atoms with Gasteiger partial charge in [0.2, 0.25) is 0 Å². The molecule has 0 unspecified atom stereocenters. The van der Waals surface area contributed by atoms with E-state index in [-0.39, 0.29) is 0 Å². The van der Waals surface area contributed by atoms with Gasteiger partial charge in [0.05, 0.1) is 0 Å². The third-order valence-corrected chi connectivity index (χ3v) is 2.12. The quantitative estimate of drug-likeness (QED) is 0.568. The number of nitrogens with zero attached hydrogens (tertiary/aromatic N) is 3. The van der Waals surface area contributed by atoms with Gasteiger partial charge >= 0.3 is 7.12 Å². The molecule has 0 aromatic carbocycles. The first-order valence-corrected chi connectivity index (χ1v) is 4.27. The summed E-state index contributed by atoms with van der Waals surface area (Å²) in [6, 6.07) is 1.69. The fourth-order valence-corrected chi connectivity index (χ4v) is 1.46. The molecular weight excluding hydrogens is 181 g/mol. The van der Waals surface area contributed by atoms with Crippen LogP contribution in [0.1, 0.15) is 11.4 Å². The Kier molecular flexibility index (Phi) is 2.01. The van der Waals surface area contributed by atoms with Crippen molar-refractivity contribution in [3.63, 3.8) is 0 Å². The third kappa shape index (κ3) is 1.28. The van der Waals surface area contributed by atoms with Crippen molar-refractivity contribution in [2.45, 2.75) is 13.8 Å². The Hall–Kier alpha value is -1.40. The highest BCUT2D eigenvalue weighted by atomic mass is 16.4. The highest BCUT2D eigenvalue weighted by molar-refractivity contribution is 6.60. The van der Waals surface area contributed by atoms with E-state index in [1.54, 1.807) is 10.5 Å². The van der Waals surface area contributed by atoms with Gasteiger partial charge in [-0.15, -0.1) is 10.2 Å². The number of aryl methyl sites for hydroxylation is 2. The average Bonchev–Trinajstić information content (AvgIpc) is 2.47. The van der Waals surface area contributed by atoms with E-state index in [4.69, 9.17) is 10.0 Å². The molecule has 0 radical (unpaired) electrons. The summed E-state index contributed by atoms with van der Waals surface area (Å²) in [5.74, 6) is 0.727. The zero-order chi connectivity index (χ0) is 10.3. The minimum atomic E-state index is -1.51. The first kappa shape index (κ1) is 9.17. The molecular formula is C8H10BN3O2.